The quantitative estimate of drug-likeness (QED) is 0.865. The third-order valence-electron chi connectivity index (χ3n) is 3.81. The zero-order valence-corrected chi connectivity index (χ0v) is 13.9. The molecule has 0 saturated carbocycles. The maximum Gasteiger partial charge on any atom is 0.340 e. The number of thiophene rings is 1. The molecule has 3 rings (SSSR count). The van der Waals surface area contributed by atoms with Gasteiger partial charge >= 0.3 is 5.97 Å². The monoisotopic (exact) mass is 344 g/mol. The van der Waals surface area contributed by atoms with E-state index in [0.29, 0.717) is 35.5 Å². The molecule has 1 N–H and O–H groups in total. The molecule has 24 heavy (non-hydrogen) atoms. The van der Waals surface area contributed by atoms with Crippen molar-refractivity contribution in [3.05, 3.63) is 46.2 Å². The van der Waals surface area contributed by atoms with Gasteiger partial charge in [0.05, 0.1) is 18.4 Å². The first-order chi connectivity index (χ1) is 11.6. The van der Waals surface area contributed by atoms with Crippen LogP contribution in [0, 0.1) is 0 Å². The molecule has 0 unspecified atom stereocenters. The van der Waals surface area contributed by atoms with E-state index in [1.165, 1.54) is 18.4 Å². The Morgan fingerprint density at radius 1 is 1.29 bits per heavy atom. The lowest BCUT2D eigenvalue weighted by Gasteiger charge is -2.16. The Kier molecular flexibility index (Phi) is 4.61. The average Bonchev–Trinajstić information content (AvgIpc) is 3.23. The van der Waals surface area contributed by atoms with E-state index in [9.17, 15) is 14.4 Å². The zero-order chi connectivity index (χ0) is 17.1. The number of anilines is 2. The van der Waals surface area contributed by atoms with E-state index < -0.39 is 5.97 Å². The fourth-order valence-corrected chi connectivity index (χ4v) is 3.34. The first kappa shape index (κ1) is 16.2. The molecule has 1 aromatic carbocycles. The van der Waals surface area contributed by atoms with Gasteiger partial charge in [-0.05, 0) is 24.6 Å². The molecule has 1 aliphatic rings. The highest BCUT2D eigenvalue weighted by molar-refractivity contribution is 7.08. The van der Waals surface area contributed by atoms with Crippen molar-refractivity contribution in [2.45, 2.75) is 12.8 Å². The Labute approximate surface area is 143 Å². The predicted molar refractivity (Wildman–Crippen MR) is 91.6 cm³/mol. The number of rotatable bonds is 4. The summed E-state index contributed by atoms with van der Waals surface area (Å²) in [4.78, 5) is 37.7. The minimum absolute atomic E-state index is 0.0679. The molecule has 1 saturated heterocycles. The normalized spacial score (nSPS) is 13.9. The van der Waals surface area contributed by atoms with Gasteiger partial charge in [0.1, 0.15) is 0 Å². The van der Waals surface area contributed by atoms with E-state index in [2.05, 4.69) is 5.32 Å². The van der Waals surface area contributed by atoms with Crippen LogP contribution in [0.15, 0.2) is 35.0 Å². The van der Waals surface area contributed by atoms with Gasteiger partial charge in [-0.1, -0.05) is 6.07 Å². The lowest BCUT2D eigenvalue weighted by Crippen LogP contribution is -2.24. The second kappa shape index (κ2) is 6.84. The highest BCUT2D eigenvalue weighted by Gasteiger charge is 2.22. The summed E-state index contributed by atoms with van der Waals surface area (Å²) in [5.74, 6) is -0.770. The Hall–Kier alpha value is -2.67. The van der Waals surface area contributed by atoms with Gasteiger partial charge in [0, 0.05) is 35.0 Å². The SMILES string of the molecule is COC(=O)c1cscc1NC(=O)c1cccc(N2CCCC2=O)c1. The van der Waals surface area contributed by atoms with Crippen LogP contribution in [0.3, 0.4) is 0 Å². The first-order valence-corrected chi connectivity index (χ1v) is 8.40. The molecule has 0 aliphatic carbocycles. The molecular formula is C17H16N2O4S. The van der Waals surface area contributed by atoms with Gasteiger partial charge in [-0.15, -0.1) is 11.3 Å². The molecule has 7 heteroatoms. The highest BCUT2D eigenvalue weighted by Crippen LogP contribution is 2.25. The van der Waals surface area contributed by atoms with E-state index in [1.807, 2.05) is 6.07 Å². The Morgan fingerprint density at radius 2 is 2.12 bits per heavy atom. The van der Waals surface area contributed by atoms with Crippen molar-refractivity contribution < 1.29 is 19.1 Å². The van der Waals surface area contributed by atoms with Crippen molar-refractivity contribution in [3.8, 4) is 0 Å². The molecule has 1 fully saturated rings. The van der Waals surface area contributed by atoms with Crippen molar-refractivity contribution in [1.82, 2.24) is 0 Å². The topological polar surface area (TPSA) is 75.7 Å². The summed E-state index contributed by atoms with van der Waals surface area (Å²) in [6.07, 6.45) is 1.36. The van der Waals surface area contributed by atoms with Crippen molar-refractivity contribution in [3.63, 3.8) is 0 Å². The minimum Gasteiger partial charge on any atom is -0.465 e. The summed E-state index contributed by atoms with van der Waals surface area (Å²) < 4.78 is 4.69. The van der Waals surface area contributed by atoms with E-state index in [0.717, 1.165) is 6.42 Å². The molecule has 2 amide bonds. The van der Waals surface area contributed by atoms with Gasteiger partial charge < -0.3 is 15.0 Å². The predicted octanol–water partition coefficient (Wildman–Crippen LogP) is 2.91. The largest absolute Gasteiger partial charge is 0.465 e. The second-order valence-electron chi connectivity index (χ2n) is 5.34. The van der Waals surface area contributed by atoms with E-state index >= 15 is 0 Å². The van der Waals surface area contributed by atoms with Crippen molar-refractivity contribution in [2.24, 2.45) is 0 Å². The Bertz CT molecular complexity index is 799. The van der Waals surface area contributed by atoms with Gasteiger partial charge in [-0.25, -0.2) is 4.79 Å². The number of nitrogens with zero attached hydrogens (tertiary/aromatic N) is 1. The minimum atomic E-state index is -0.497. The van der Waals surface area contributed by atoms with Crippen LogP contribution < -0.4 is 10.2 Å². The molecule has 0 atom stereocenters. The molecule has 1 aliphatic heterocycles. The summed E-state index contributed by atoms with van der Waals surface area (Å²) in [5, 5.41) is 6.02. The number of hydrogen-bond donors (Lipinski definition) is 1. The fraction of sp³-hybridized carbons (Fsp3) is 0.235. The molecule has 0 radical (unpaired) electrons. The average molecular weight is 344 g/mol. The van der Waals surface area contributed by atoms with Crippen LogP contribution in [0.1, 0.15) is 33.6 Å². The van der Waals surface area contributed by atoms with E-state index in [4.69, 9.17) is 4.74 Å². The molecule has 6 nitrogen and oxygen atoms in total. The number of esters is 1. The number of benzene rings is 1. The van der Waals surface area contributed by atoms with Crippen LogP contribution in [0.25, 0.3) is 0 Å². The lowest BCUT2D eigenvalue weighted by molar-refractivity contribution is -0.117. The molecule has 1 aromatic heterocycles. The molecule has 0 spiro atoms. The van der Waals surface area contributed by atoms with Crippen molar-refractivity contribution in [2.75, 3.05) is 23.9 Å². The summed E-state index contributed by atoms with van der Waals surface area (Å²) in [5.41, 5.74) is 1.87. The van der Waals surface area contributed by atoms with Crippen LogP contribution in [0.4, 0.5) is 11.4 Å². The number of ether oxygens (including phenoxy) is 1. The summed E-state index contributed by atoms with van der Waals surface area (Å²) >= 11 is 1.30. The zero-order valence-electron chi connectivity index (χ0n) is 13.1. The molecule has 124 valence electrons. The molecular weight excluding hydrogens is 328 g/mol. The van der Waals surface area contributed by atoms with Gasteiger partial charge in [0.15, 0.2) is 0 Å². The number of hydrogen-bond acceptors (Lipinski definition) is 5. The lowest BCUT2D eigenvalue weighted by atomic mass is 10.1. The maximum atomic E-state index is 12.5. The number of carbonyl (C=O) groups excluding carboxylic acids is 3. The number of methoxy groups -OCH3 is 1. The standard InChI is InChI=1S/C17H16N2O4S/c1-23-17(22)13-9-24-10-14(13)18-16(21)11-4-2-5-12(8-11)19-7-3-6-15(19)20/h2,4-5,8-10H,3,6-7H2,1H3,(H,18,21). The van der Waals surface area contributed by atoms with Crippen LogP contribution in [-0.4, -0.2) is 31.4 Å². The van der Waals surface area contributed by atoms with Crippen LogP contribution >= 0.6 is 11.3 Å². The van der Waals surface area contributed by atoms with Gasteiger partial charge in [-0.2, -0.15) is 0 Å². The smallest absolute Gasteiger partial charge is 0.340 e. The number of nitrogens with one attached hydrogen (secondary N) is 1. The first-order valence-electron chi connectivity index (χ1n) is 7.46. The second-order valence-corrected chi connectivity index (χ2v) is 6.09. The maximum absolute atomic E-state index is 12.5. The summed E-state index contributed by atoms with van der Waals surface area (Å²) in [7, 11) is 1.29. The van der Waals surface area contributed by atoms with E-state index in [-0.39, 0.29) is 11.8 Å². The van der Waals surface area contributed by atoms with Gasteiger partial charge in [0.2, 0.25) is 5.91 Å². The van der Waals surface area contributed by atoms with Gasteiger partial charge in [-0.3, -0.25) is 9.59 Å². The molecule has 2 aromatic rings. The van der Waals surface area contributed by atoms with Crippen LogP contribution in [0.2, 0.25) is 0 Å². The summed E-state index contributed by atoms with van der Waals surface area (Å²) in [6, 6.07) is 6.90. The third-order valence-corrected chi connectivity index (χ3v) is 4.55. The molecule has 2 heterocycles. The van der Waals surface area contributed by atoms with Gasteiger partial charge in [0.25, 0.3) is 5.91 Å². The Balaban J connectivity index is 1.80. The summed E-state index contributed by atoms with van der Waals surface area (Å²) in [6.45, 7) is 0.668. The number of amides is 2. The highest BCUT2D eigenvalue weighted by atomic mass is 32.1. The Morgan fingerprint density at radius 3 is 2.83 bits per heavy atom. The third kappa shape index (κ3) is 3.16. The van der Waals surface area contributed by atoms with Crippen molar-refractivity contribution in [1.29, 1.82) is 0 Å². The number of carbonyl (C=O) groups is 3. The fourth-order valence-electron chi connectivity index (χ4n) is 2.59. The van der Waals surface area contributed by atoms with Crippen molar-refractivity contribution >= 4 is 40.5 Å². The van der Waals surface area contributed by atoms with Crippen LogP contribution in [0.5, 0.6) is 0 Å². The van der Waals surface area contributed by atoms with E-state index in [1.54, 1.807) is 33.9 Å². The molecule has 0 bridgehead atoms. The van der Waals surface area contributed by atoms with Crippen LogP contribution in [-0.2, 0) is 9.53 Å².